The highest BCUT2D eigenvalue weighted by Crippen LogP contribution is 2.29. The van der Waals surface area contributed by atoms with Crippen molar-refractivity contribution in [1.29, 1.82) is 0 Å². The molecule has 3 aromatic rings. The highest BCUT2D eigenvalue weighted by atomic mass is 16.5. The van der Waals surface area contributed by atoms with Crippen LogP contribution in [0.25, 0.3) is 10.9 Å². The average molecular weight is 325 g/mol. The smallest absolute Gasteiger partial charge is 0.305 e. The summed E-state index contributed by atoms with van der Waals surface area (Å²) >= 11 is 0. The summed E-state index contributed by atoms with van der Waals surface area (Å²) < 4.78 is 7.41. The molecular formula is C19H19NO4. The fourth-order valence-electron chi connectivity index (χ4n) is 2.88. The molecule has 0 saturated heterocycles. The number of carboxylic acids is 1. The minimum absolute atomic E-state index is 0.0105. The molecule has 0 aliphatic rings. The maximum absolute atomic E-state index is 11.3. The van der Waals surface area contributed by atoms with Crippen LogP contribution < -0.4 is 4.74 Å². The molecule has 0 aliphatic heterocycles. The van der Waals surface area contributed by atoms with Crippen LogP contribution in [0.15, 0.2) is 60.8 Å². The Morgan fingerprint density at radius 3 is 2.62 bits per heavy atom. The first-order chi connectivity index (χ1) is 11.7. The number of hydrogen-bond donors (Lipinski definition) is 2. The van der Waals surface area contributed by atoms with Gasteiger partial charge in [-0.2, -0.15) is 0 Å². The highest BCUT2D eigenvalue weighted by Gasteiger charge is 2.19. The zero-order valence-electron chi connectivity index (χ0n) is 13.1. The zero-order chi connectivity index (χ0) is 16.9. The van der Waals surface area contributed by atoms with Crippen LogP contribution >= 0.6 is 0 Å². The Morgan fingerprint density at radius 2 is 1.92 bits per heavy atom. The lowest BCUT2D eigenvalue weighted by Crippen LogP contribution is -2.14. The van der Waals surface area contributed by atoms with E-state index in [1.54, 1.807) is 0 Å². The summed E-state index contributed by atoms with van der Waals surface area (Å²) in [5.41, 5.74) is 1.90. The first-order valence-corrected chi connectivity index (χ1v) is 7.80. The lowest BCUT2D eigenvalue weighted by atomic mass is 10.0. The summed E-state index contributed by atoms with van der Waals surface area (Å²) in [4.78, 5) is 11.3. The molecule has 0 radical (unpaired) electrons. The number of aliphatic hydroxyl groups excluding tert-OH is 1. The summed E-state index contributed by atoms with van der Waals surface area (Å²) in [7, 11) is 0. The fourth-order valence-corrected chi connectivity index (χ4v) is 2.88. The molecule has 124 valence electrons. The number of aromatic nitrogens is 1. The van der Waals surface area contributed by atoms with Gasteiger partial charge in [-0.25, -0.2) is 0 Å². The van der Waals surface area contributed by atoms with E-state index in [9.17, 15) is 9.90 Å². The SMILES string of the molecule is O=C(O)CC(c1ccccc1)n1ccc2cc(OCCO)ccc21. The summed E-state index contributed by atoms with van der Waals surface area (Å²) in [6.45, 7) is 0.214. The summed E-state index contributed by atoms with van der Waals surface area (Å²) in [6.07, 6.45) is 1.91. The number of benzene rings is 2. The monoisotopic (exact) mass is 325 g/mol. The van der Waals surface area contributed by atoms with Crippen LogP contribution in [-0.2, 0) is 4.79 Å². The van der Waals surface area contributed by atoms with Gasteiger partial charge in [-0.05, 0) is 29.8 Å². The van der Waals surface area contributed by atoms with E-state index in [0.29, 0.717) is 5.75 Å². The molecular weight excluding hydrogens is 306 g/mol. The van der Waals surface area contributed by atoms with Gasteiger partial charge in [-0.15, -0.1) is 0 Å². The summed E-state index contributed by atoms with van der Waals surface area (Å²) in [6, 6.07) is 16.9. The van der Waals surface area contributed by atoms with Crippen LogP contribution in [0.1, 0.15) is 18.0 Å². The Labute approximate surface area is 139 Å². The predicted molar refractivity (Wildman–Crippen MR) is 91.4 cm³/mol. The van der Waals surface area contributed by atoms with Gasteiger partial charge in [0.25, 0.3) is 0 Å². The Kier molecular flexibility index (Phi) is 4.82. The topological polar surface area (TPSA) is 71.7 Å². The van der Waals surface area contributed by atoms with Gasteiger partial charge in [0.1, 0.15) is 12.4 Å². The molecule has 0 bridgehead atoms. The Bertz CT molecular complexity index is 826. The largest absolute Gasteiger partial charge is 0.491 e. The highest BCUT2D eigenvalue weighted by molar-refractivity contribution is 5.82. The van der Waals surface area contributed by atoms with E-state index in [1.807, 2.05) is 65.4 Å². The number of aliphatic hydroxyl groups is 1. The second kappa shape index (κ2) is 7.19. The number of rotatable bonds is 7. The molecule has 0 saturated carbocycles. The Balaban J connectivity index is 2.00. The minimum atomic E-state index is -0.839. The van der Waals surface area contributed by atoms with E-state index >= 15 is 0 Å². The van der Waals surface area contributed by atoms with Crippen molar-refractivity contribution in [3.05, 3.63) is 66.4 Å². The van der Waals surface area contributed by atoms with E-state index in [1.165, 1.54) is 0 Å². The minimum Gasteiger partial charge on any atom is -0.491 e. The second-order valence-electron chi connectivity index (χ2n) is 5.54. The number of aliphatic carboxylic acids is 1. The van der Waals surface area contributed by atoms with Crippen LogP contribution in [0.5, 0.6) is 5.75 Å². The fraction of sp³-hybridized carbons (Fsp3) is 0.211. The normalized spacial score (nSPS) is 12.2. The van der Waals surface area contributed by atoms with Crippen molar-refractivity contribution in [3.63, 3.8) is 0 Å². The third-order valence-electron chi connectivity index (χ3n) is 3.94. The number of ether oxygens (including phenoxy) is 1. The van der Waals surface area contributed by atoms with Crippen molar-refractivity contribution < 1.29 is 19.7 Å². The van der Waals surface area contributed by atoms with Crippen molar-refractivity contribution in [2.24, 2.45) is 0 Å². The molecule has 0 amide bonds. The molecule has 24 heavy (non-hydrogen) atoms. The van der Waals surface area contributed by atoms with Crippen LogP contribution in [0.2, 0.25) is 0 Å². The van der Waals surface area contributed by atoms with Gasteiger partial charge in [-0.3, -0.25) is 4.79 Å². The average Bonchev–Trinajstić information content (AvgIpc) is 3.01. The van der Waals surface area contributed by atoms with Gasteiger partial charge in [0, 0.05) is 17.1 Å². The molecule has 0 aliphatic carbocycles. The molecule has 1 aromatic heterocycles. The molecule has 2 aromatic carbocycles. The third kappa shape index (κ3) is 3.41. The van der Waals surface area contributed by atoms with Gasteiger partial charge in [-0.1, -0.05) is 30.3 Å². The van der Waals surface area contributed by atoms with Gasteiger partial charge in [0.2, 0.25) is 0 Å². The standard InChI is InChI=1S/C19H19NO4/c21-10-11-24-16-6-7-17-15(12-16)8-9-20(17)18(13-19(22)23)14-4-2-1-3-5-14/h1-9,12,18,21H,10-11,13H2,(H,22,23). The maximum atomic E-state index is 11.3. The van der Waals surface area contributed by atoms with Crippen LogP contribution in [0, 0.1) is 0 Å². The van der Waals surface area contributed by atoms with E-state index < -0.39 is 5.97 Å². The lowest BCUT2D eigenvalue weighted by Gasteiger charge is -2.19. The number of carbonyl (C=O) groups is 1. The van der Waals surface area contributed by atoms with Gasteiger partial charge >= 0.3 is 5.97 Å². The van der Waals surface area contributed by atoms with E-state index in [0.717, 1.165) is 16.5 Å². The van der Waals surface area contributed by atoms with E-state index in [2.05, 4.69) is 0 Å². The summed E-state index contributed by atoms with van der Waals surface area (Å²) in [5.74, 6) is -0.155. The van der Waals surface area contributed by atoms with E-state index in [-0.39, 0.29) is 25.7 Å². The number of nitrogens with zero attached hydrogens (tertiary/aromatic N) is 1. The van der Waals surface area contributed by atoms with Crippen molar-refractivity contribution in [1.82, 2.24) is 4.57 Å². The van der Waals surface area contributed by atoms with Gasteiger partial charge in [0.15, 0.2) is 0 Å². The molecule has 1 heterocycles. The zero-order valence-corrected chi connectivity index (χ0v) is 13.1. The quantitative estimate of drug-likeness (QED) is 0.700. The van der Waals surface area contributed by atoms with Crippen molar-refractivity contribution >= 4 is 16.9 Å². The Morgan fingerprint density at radius 1 is 1.12 bits per heavy atom. The maximum Gasteiger partial charge on any atom is 0.305 e. The van der Waals surface area contributed by atoms with Crippen molar-refractivity contribution in [2.45, 2.75) is 12.5 Å². The van der Waals surface area contributed by atoms with Gasteiger partial charge < -0.3 is 19.5 Å². The number of carboxylic acid groups (broad SMARTS) is 1. The molecule has 5 nitrogen and oxygen atoms in total. The Hall–Kier alpha value is -2.79. The molecule has 1 unspecified atom stereocenters. The third-order valence-corrected chi connectivity index (χ3v) is 3.94. The van der Waals surface area contributed by atoms with Crippen LogP contribution in [0.3, 0.4) is 0 Å². The molecule has 3 rings (SSSR count). The summed E-state index contributed by atoms with van der Waals surface area (Å²) in [5, 5.41) is 19.1. The lowest BCUT2D eigenvalue weighted by molar-refractivity contribution is -0.137. The van der Waals surface area contributed by atoms with Crippen LogP contribution in [0.4, 0.5) is 0 Å². The van der Waals surface area contributed by atoms with Gasteiger partial charge in [0.05, 0.1) is 19.1 Å². The second-order valence-corrected chi connectivity index (χ2v) is 5.54. The number of hydrogen-bond acceptors (Lipinski definition) is 3. The predicted octanol–water partition coefficient (Wildman–Crippen LogP) is 3.08. The van der Waals surface area contributed by atoms with Crippen LogP contribution in [-0.4, -0.2) is 34.0 Å². The first-order valence-electron chi connectivity index (χ1n) is 7.80. The molecule has 5 heteroatoms. The molecule has 2 N–H and O–H groups in total. The molecule has 0 spiro atoms. The van der Waals surface area contributed by atoms with Crippen molar-refractivity contribution in [2.75, 3.05) is 13.2 Å². The van der Waals surface area contributed by atoms with Crippen molar-refractivity contribution in [3.8, 4) is 5.75 Å². The first kappa shape index (κ1) is 16.1. The number of fused-ring (bicyclic) bond motifs is 1. The molecule has 0 fully saturated rings. The van der Waals surface area contributed by atoms with E-state index in [4.69, 9.17) is 9.84 Å². The molecule has 1 atom stereocenters.